The second kappa shape index (κ2) is 9.01. The van der Waals surface area contributed by atoms with Gasteiger partial charge in [-0.1, -0.05) is 13.8 Å². The number of carbonyl (C=O) groups excluding carboxylic acids is 1. The fraction of sp³-hybridized carbons (Fsp3) is 0.611. The Morgan fingerprint density at radius 3 is 2.69 bits per heavy atom. The molecule has 0 atom stereocenters. The Kier molecular flexibility index (Phi) is 6.72. The summed E-state index contributed by atoms with van der Waals surface area (Å²) in [7, 11) is 0. The first-order valence-electron chi connectivity index (χ1n) is 9.23. The SMILES string of the molecule is CCN(CC)CCNC(=O)c1nc(N2CCSCC2)c2c(C)scc2n1. The predicted octanol–water partition coefficient (Wildman–Crippen LogP) is 2.62. The maximum atomic E-state index is 12.6. The van der Waals surface area contributed by atoms with Gasteiger partial charge in [-0.05, 0) is 20.0 Å². The molecule has 1 fully saturated rings. The second-order valence-electron chi connectivity index (χ2n) is 6.31. The molecule has 6 nitrogen and oxygen atoms in total. The first kappa shape index (κ1) is 19.4. The highest BCUT2D eigenvalue weighted by Crippen LogP contribution is 2.32. The van der Waals surface area contributed by atoms with Crippen LogP contribution in [0.15, 0.2) is 5.38 Å². The van der Waals surface area contributed by atoms with Crippen molar-refractivity contribution >= 4 is 45.7 Å². The standard InChI is InChI=1S/C18H27N5OS2/c1-4-22(5-2)7-6-19-18(24)16-20-14-12-26-13(3)15(14)17(21-16)23-8-10-25-11-9-23/h12H,4-11H2,1-3H3,(H,19,24). The molecule has 1 aliphatic rings. The minimum atomic E-state index is -0.185. The minimum absolute atomic E-state index is 0.185. The summed E-state index contributed by atoms with van der Waals surface area (Å²) in [4.78, 5) is 27.6. The van der Waals surface area contributed by atoms with Crippen LogP contribution in [-0.4, -0.2) is 71.5 Å². The van der Waals surface area contributed by atoms with Crippen molar-refractivity contribution in [3.05, 3.63) is 16.1 Å². The Balaban J connectivity index is 1.81. The van der Waals surface area contributed by atoms with Gasteiger partial charge in [0.1, 0.15) is 5.82 Å². The van der Waals surface area contributed by atoms with E-state index in [9.17, 15) is 4.79 Å². The van der Waals surface area contributed by atoms with E-state index < -0.39 is 0 Å². The van der Waals surface area contributed by atoms with Gasteiger partial charge < -0.3 is 15.1 Å². The number of anilines is 1. The Bertz CT molecular complexity index is 753. The van der Waals surface area contributed by atoms with Crippen LogP contribution in [0.1, 0.15) is 29.3 Å². The number of aryl methyl sites for hydroxylation is 1. The smallest absolute Gasteiger partial charge is 0.289 e. The lowest BCUT2D eigenvalue weighted by molar-refractivity contribution is 0.0939. The molecule has 26 heavy (non-hydrogen) atoms. The third-order valence-electron chi connectivity index (χ3n) is 4.74. The van der Waals surface area contributed by atoms with Crippen molar-refractivity contribution in [2.45, 2.75) is 20.8 Å². The van der Waals surface area contributed by atoms with Crippen LogP contribution in [-0.2, 0) is 0 Å². The van der Waals surface area contributed by atoms with Crippen molar-refractivity contribution in [3.63, 3.8) is 0 Å². The number of fused-ring (bicyclic) bond motifs is 1. The molecule has 3 rings (SSSR count). The summed E-state index contributed by atoms with van der Waals surface area (Å²) in [6.07, 6.45) is 0. The molecular formula is C18H27N5OS2. The number of hydrogen-bond donors (Lipinski definition) is 1. The zero-order valence-electron chi connectivity index (χ0n) is 15.7. The van der Waals surface area contributed by atoms with Crippen molar-refractivity contribution in [1.82, 2.24) is 20.2 Å². The molecule has 0 radical (unpaired) electrons. The maximum Gasteiger partial charge on any atom is 0.289 e. The maximum absolute atomic E-state index is 12.6. The molecule has 142 valence electrons. The third-order valence-corrected chi connectivity index (χ3v) is 6.58. The molecular weight excluding hydrogens is 366 g/mol. The van der Waals surface area contributed by atoms with Crippen LogP contribution in [0.5, 0.6) is 0 Å². The van der Waals surface area contributed by atoms with Gasteiger partial charge in [0.05, 0.1) is 10.9 Å². The van der Waals surface area contributed by atoms with Crippen molar-refractivity contribution in [2.75, 3.05) is 55.7 Å². The van der Waals surface area contributed by atoms with Gasteiger partial charge in [0.15, 0.2) is 0 Å². The number of hydrogen-bond acceptors (Lipinski definition) is 7. The molecule has 8 heteroatoms. The van der Waals surface area contributed by atoms with Crippen LogP contribution in [0.2, 0.25) is 0 Å². The zero-order valence-corrected chi connectivity index (χ0v) is 17.4. The normalized spacial score (nSPS) is 15.0. The number of rotatable bonds is 7. The lowest BCUT2D eigenvalue weighted by atomic mass is 10.2. The molecule has 0 aliphatic carbocycles. The van der Waals surface area contributed by atoms with Gasteiger partial charge in [0.2, 0.25) is 5.82 Å². The van der Waals surface area contributed by atoms with Gasteiger partial charge in [0, 0.05) is 47.9 Å². The lowest BCUT2D eigenvalue weighted by Crippen LogP contribution is -2.36. The van der Waals surface area contributed by atoms with E-state index in [1.165, 1.54) is 4.88 Å². The molecule has 1 saturated heterocycles. The molecule has 2 aromatic heterocycles. The summed E-state index contributed by atoms with van der Waals surface area (Å²) >= 11 is 3.64. The van der Waals surface area contributed by atoms with E-state index in [-0.39, 0.29) is 11.7 Å². The number of likely N-dealkylation sites (N-methyl/N-ethyl adjacent to an activating group) is 1. The van der Waals surface area contributed by atoms with Crippen molar-refractivity contribution < 1.29 is 4.79 Å². The van der Waals surface area contributed by atoms with Crippen LogP contribution in [0.3, 0.4) is 0 Å². The summed E-state index contributed by atoms with van der Waals surface area (Å²) in [5.41, 5.74) is 0.879. The summed E-state index contributed by atoms with van der Waals surface area (Å²) < 4.78 is 0. The average molecular weight is 394 g/mol. The molecule has 1 aliphatic heterocycles. The van der Waals surface area contributed by atoms with E-state index in [1.807, 2.05) is 17.1 Å². The lowest BCUT2D eigenvalue weighted by Gasteiger charge is -2.28. The Labute approximate surface area is 163 Å². The van der Waals surface area contributed by atoms with E-state index in [0.29, 0.717) is 6.54 Å². The van der Waals surface area contributed by atoms with Crippen molar-refractivity contribution in [2.24, 2.45) is 0 Å². The molecule has 0 unspecified atom stereocenters. The average Bonchev–Trinajstić information content (AvgIpc) is 3.06. The van der Waals surface area contributed by atoms with Crippen LogP contribution < -0.4 is 10.2 Å². The Morgan fingerprint density at radius 2 is 2.00 bits per heavy atom. The second-order valence-corrected chi connectivity index (χ2v) is 8.61. The Morgan fingerprint density at radius 1 is 1.27 bits per heavy atom. The molecule has 1 amide bonds. The number of amides is 1. The van der Waals surface area contributed by atoms with E-state index in [1.54, 1.807) is 11.3 Å². The number of thiophene rings is 1. The van der Waals surface area contributed by atoms with Crippen molar-refractivity contribution in [1.29, 1.82) is 0 Å². The van der Waals surface area contributed by atoms with Crippen LogP contribution in [0.25, 0.3) is 10.9 Å². The minimum Gasteiger partial charge on any atom is -0.354 e. The molecule has 3 heterocycles. The molecule has 0 aromatic carbocycles. The highest BCUT2D eigenvalue weighted by molar-refractivity contribution is 7.99. The molecule has 0 spiro atoms. The molecule has 0 bridgehead atoms. The van der Waals surface area contributed by atoms with Gasteiger partial charge >= 0.3 is 0 Å². The first-order valence-corrected chi connectivity index (χ1v) is 11.3. The van der Waals surface area contributed by atoms with Crippen LogP contribution in [0.4, 0.5) is 5.82 Å². The van der Waals surface area contributed by atoms with Gasteiger partial charge in [-0.15, -0.1) is 11.3 Å². The van der Waals surface area contributed by atoms with E-state index in [0.717, 1.165) is 61.0 Å². The van der Waals surface area contributed by atoms with E-state index in [4.69, 9.17) is 0 Å². The zero-order chi connectivity index (χ0) is 18.5. The van der Waals surface area contributed by atoms with Gasteiger partial charge in [-0.2, -0.15) is 11.8 Å². The monoisotopic (exact) mass is 393 g/mol. The summed E-state index contributed by atoms with van der Waals surface area (Å²) in [6.45, 7) is 11.7. The van der Waals surface area contributed by atoms with Crippen LogP contribution >= 0.6 is 23.1 Å². The largest absolute Gasteiger partial charge is 0.354 e. The predicted molar refractivity (Wildman–Crippen MR) is 112 cm³/mol. The van der Waals surface area contributed by atoms with E-state index in [2.05, 4.69) is 45.9 Å². The summed E-state index contributed by atoms with van der Waals surface area (Å²) in [6, 6.07) is 0. The van der Waals surface area contributed by atoms with Crippen molar-refractivity contribution in [3.8, 4) is 0 Å². The summed E-state index contributed by atoms with van der Waals surface area (Å²) in [5.74, 6) is 3.21. The number of thioether (sulfide) groups is 1. The fourth-order valence-electron chi connectivity index (χ4n) is 3.14. The third kappa shape index (κ3) is 4.29. The van der Waals surface area contributed by atoms with E-state index >= 15 is 0 Å². The molecule has 1 N–H and O–H groups in total. The number of carbonyl (C=O) groups is 1. The highest BCUT2D eigenvalue weighted by atomic mass is 32.2. The van der Waals surface area contributed by atoms with Gasteiger partial charge in [0.25, 0.3) is 5.91 Å². The number of nitrogens with zero attached hydrogens (tertiary/aromatic N) is 4. The highest BCUT2D eigenvalue weighted by Gasteiger charge is 2.21. The molecule has 2 aromatic rings. The topological polar surface area (TPSA) is 61.4 Å². The first-order chi connectivity index (χ1) is 12.6. The quantitative estimate of drug-likeness (QED) is 0.780. The molecule has 0 saturated carbocycles. The Hall–Kier alpha value is -1.38. The fourth-order valence-corrected chi connectivity index (χ4v) is 4.82. The van der Waals surface area contributed by atoms with Gasteiger partial charge in [-0.25, -0.2) is 9.97 Å². The van der Waals surface area contributed by atoms with Gasteiger partial charge in [-0.3, -0.25) is 4.79 Å². The van der Waals surface area contributed by atoms with Crippen LogP contribution in [0, 0.1) is 6.92 Å². The summed E-state index contributed by atoms with van der Waals surface area (Å²) in [5, 5.41) is 6.10. The number of aromatic nitrogens is 2. The number of nitrogens with one attached hydrogen (secondary N) is 1.